The van der Waals surface area contributed by atoms with E-state index in [4.69, 9.17) is 22.7 Å². The molecule has 0 saturated carbocycles. The van der Waals surface area contributed by atoms with Crippen molar-refractivity contribution in [2.75, 3.05) is 7.11 Å². The molecule has 0 atom stereocenters. The summed E-state index contributed by atoms with van der Waals surface area (Å²) in [6.45, 7) is 0.140. The minimum absolute atomic E-state index is 0.140. The van der Waals surface area contributed by atoms with E-state index in [0.717, 1.165) is 16.9 Å². The van der Waals surface area contributed by atoms with E-state index in [1.165, 1.54) is 13.2 Å². The fourth-order valence-electron chi connectivity index (χ4n) is 1.52. The molecular weight excluding hydrogens is 330 g/mol. The molecule has 0 saturated heterocycles. The molecule has 0 unspecified atom stereocenters. The number of nitrogens with zero attached hydrogens (tertiary/aromatic N) is 1. The van der Waals surface area contributed by atoms with E-state index >= 15 is 0 Å². The number of pyridine rings is 1. The molecule has 0 aliphatic rings. The van der Waals surface area contributed by atoms with Crippen molar-refractivity contribution in [1.29, 1.82) is 0 Å². The predicted octanol–water partition coefficient (Wildman–Crippen LogP) is 1.26. The molecule has 0 fully saturated rings. The minimum Gasteiger partial charge on any atom is -0.481 e. The highest BCUT2D eigenvalue weighted by Crippen LogP contribution is 2.21. The lowest BCUT2D eigenvalue weighted by Gasteiger charge is -2.06. The molecule has 0 bridgehead atoms. The lowest BCUT2D eigenvalue weighted by molar-refractivity contribution is 0.397. The van der Waals surface area contributed by atoms with E-state index in [1.54, 1.807) is 24.4 Å². The summed E-state index contributed by atoms with van der Waals surface area (Å²) in [6.07, 6.45) is 1.55. The van der Waals surface area contributed by atoms with Crippen LogP contribution in [0.25, 0.3) is 0 Å². The molecule has 2 aromatic rings. The van der Waals surface area contributed by atoms with Gasteiger partial charge in [-0.05, 0) is 23.8 Å². The first-order valence-electron chi connectivity index (χ1n) is 5.80. The van der Waals surface area contributed by atoms with Gasteiger partial charge < -0.3 is 10.5 Å². The fraction of sp³-hybridized carbons (Fsp3) is 0.167. The van der Waals surface area contributed by atoms with Crippen LogP contribution >= 0.6 is 23.6 Å². The van der Waals surface area contributed by atoms with Gasteiger partial charge >= 0.3 is 0 Å². The van der Waals surface area contributed by atoms with E-state index in [9.17, 15) is 8.42 Å². The van der Waals surface area contributed by atoms with Gasteiger partial charge in [-0.3, -0.25) is 0 Å². The van der Waals surface area contributed by atoms with Crippen LogP contribution in [0.3, 0.4) is 0 Å². The van der Waals surface area contributed by atoms with E-state index in [1.807, 2.05) is 0 Å². The average Bonchev–Trinajstić information content (AvgIpc) is 2.96. The number of hydrogen-bond donors (Lipinski definition) is 2. The number of hydrogen-bond acceptors (Lipinski definition) is 6. The summed E-state index contributed by atoms with van der Waals surface area (Å²) in [7, 11) is -2.10. The molecule has 112 valence electrons. The average molecular weight is 343 g/mol. The number of rotatable bonds is 6. The topological polar surface area (TPSA) is 94.3 Å². The second-order valence-electron chi connectivity index (χ2n) is 4.01. The van der Waals surface area contributed by atoms with Gasteiger partial charge in [0.1, 0.15) is 9.20 Å². The molecule has 2 rings (SSSR count). The molecule has 3 N–H and O–H groups in total. The van der Waals surface area contributed by atoms with E-state index < -0.39 is 10.0 Å². The summed E-state index contributed by atoms with van der Waals surface area (Å²) in [5.74, 6) is 0.429. The Morgan fingerprint density at radius 3 is 2.86 bits per heavy atom. The van der Waals surface area contributed by atoms with Crippen molar-refractivity contribution in [2.24, 2.45) is 5.73 Å². The van der Waals surface area contributed by atoms with Crippen LogP contribution in [0.5, 0.6) is 5.88 Å². The van der Waals surface area contributed by atoms with Crippen LogP contribution in [0.15, 0.2) is 34.7 Å². The quantitative estimate of drug-likeness (QED) is 0.767. The third kappa shape index (κ3) is 3.97. The summed E-state index contributed by atoms with van der Waals surface area (Å²) in [5.41, 5.74) is 6.22. The Morgan fingerprint density at radius 2 is 2.24 bits per heavy atom. The maximum Gasteiger partial charge on any atom is 0.250 e. The zero-order valence-electron chi connectivity index (χ0n) is 11.1. The number of thiocarbonyl (C=S) groups is 1. The Balaban J connectivity index is 2.11. The number of thiophene rings is 1. The lowest BCUT2D eigenvalue weighted by atomic mass is 10.3. The summed E-state index contributed by atoms with van der Waals surface area (Å²) < 4.78 is 32.0. The highest BCUT2D eigenvalue weighted by molar-refractivity contribution is 7.91. The molecule has 2 heterocycles. The lowest BCUT2D eigenvalue weighted by Crippen LogP contribution is -2.22. The molecule has 0 amide bonds. The Morgan fingerprint density at radius 1 is 1.48 bits per heavy atom. The monoisotopic (exact) mass is 343 g/mol. The second kappa shape index (κ2) is 6.48. The van der Waals surface area contributed by atoms with Crippen molar-refractivity contribution in [3.8, 4) is 5.88 Å². The van der Waals surface area contributed by atoms with Crippen molar-refractivity contribution in [3.63, 3.8) is 0 Å². The Hall–Kier alpha value is -1.55. The summed E-state index contributed by atoms with van der Waals surface area (Å²) in [5, 5.41) is 0. The fourth-order valence-corrected chi connectivity index (χ4v) is 3.93. The zero-order chi connectivity index (χ0) is 15.5. The Kier molecular flexibility index (Phi) is 4.88. The van der Waals surface area contributed by atoms with Crippen molar-refractivity contribution >= 4 is 38.6 Å². The van der Waals surface area contributed by atoms with Gasteiger partial charge in [0.25, 0.3) is 0 Å². The minimum atomic E-state index is -3.60. The first-order valence-corrected chi connectivity index (χ1v) is 8.51. The molecule has 0 aliphatic carbocycles. The molecule has 2 aromatic heterocycles. The number of sulfonamides is 1. The van der Waals surface area contributed by atoms with Gasteiger partial charge in [-0.2, -0.15) is 0 Å². The van der Waals surface area contributed by atoms with Crippen LogP contribution in [0.2, 0.25) is 0 Å². The van der Waals surface area contributed by atoms with Crippen LogP contribution in [-0.4, -0.2) is 25.5 Å². The van der Waals surface area contributed by atoms with Gasteiger partial charge in [-0.1, -0.05) is 12.2 Å². The van der Waals surface area contributed by atoms with Crippen LogP contribution in [0, 0.1) is 0 Å². The predicted molar refractivity (Wildman–Crippen MR) is 85.0 cm³/mol. The Labute approximate surface area is 132 Å². The first kappa shape index (κ1) is 15.8. The van der Waals surface area contributed by atoms with Gasteiger partial charge in [0.2, 0.25) is 15.9 Å². The van der Waals surface area contributed by atoms with Gasteiger partial charge in [0, 0.05) is 18.8 Å². The SMILES string of the molecule is COc1cc(CNS(=O)(=O)c2ccc(C(N)=S)s2)ccn1. The highest BCUT2D eigenvalue weighted by atomic mass is 32.2. The Bertz CT molecular complexity index is 756. The largest absolute Gasteiger partial charge is 0.481 e. The van der Waals surface area contributed by atoms with Gasteiger partial charge in [-0.25, -0.2) is 18.1 Å². The van der Waals surface area contributed by atoms with E-state index in [0.29, 0.717) is 10.8 Å². The highest BCUT2D eigenvalue weighted by Gasteiger charge is 2.17. The number of nitrogens with two attached hydrogens (primary N) is 1. The van der Waals surface area contributed by atoms with E-state index in [2.05, 4.69) is 9.71 Å². The molecule has 0 aliphatic heterocycles. The van der Waals surface area contributed by atoms with Crippen molar-refractivity contribution in [2.45, 2.75) is 10.8 Å². The standard InChI is InChI=1S/C12H13N3O3S3/c1-18-10-6-8(4-5-14-10)7-15-21(16,17)11-3-2-9(20-11)12(13)19/h2-6,15H,7H2,1H3,(H2,13,19). The molecular formula is C12H13N3O3S3. The molecule has 0 aromatic carbocycles. The number of methoxy groups -OCH3 is 1. The maximum absolute atomic E-state index is 12.2. The first-order chi connectivity index (χ1) is 9.92. The van der Waals surface area contributed by atoms with Crippen LogP contribution in [0.1, 0.15) is 10.4 Å². The van der Waals surface area contributed by atoms with E-state index in [-0.39, 0.29) is 15.7 Å². The molecule has 6 nitrogen and oxygen atoms in total. The summed E-state index contributed by atoms with van der Waals surface area (Å²) in [4.78, 5) is 4.70. The van der Waals surface area contributed by atoms with Crippen molar-refractivity contribution in [3.05, 3.63) is 40.9 Å². The number of ether oxygens (including phenoxy) is 1. The molecule has 9 heteroatoms. The third-order valence-corrected chi connectivity index (χ3v) is 5.92. The summed E-state index contributed by atoms with van der Waals surface area (Å²) >= 11 is 5.86. The zero-order valence-corrected chi connectivity index (χ0v) is 13.5. The van der Waals surface area contributed by atoms with Crippen LogP contribution < -0.4 is 15.2 Å². The molecule has 21 heavy (non-hydrogen) atoms. The van der Waals surface area contributed by atoms with Gasteiger partial charge in [0.15, 0.2) is 0 Å². The maximum atomic E-state index is 12.2. The summed E-state index contributed by atoms with van der Waals surface area (Å²) in [6, 6.07) is 6.45. The van der Waals surface area contributed by atoms with Crippen LogP contribution in [0.4, 0.5) is 0 Å². The van der Waals surface area contributed by atoms with Crippen molar-refractivity contribution in [1.82, 2.24) is 9.71 Å². The number of nitrogens with one attached hydrogen (secondary N) is 1. The third-order valence-electron chi connectivity index (χ3n) is 2.56. The van der Waals surface area contributed by atoms with Crippen LogP contribution in [-0.2, 0) is 16.6 Å². The van der Waals surface area contributed by atoms with Gasteiger partial charge in [-0.15, -0.1) is 11.3 Å². The van der Waals surface area contributed by atoms with Crippen molar-refractivity contribution < 1.29 is 13.2 Å². The van der Waals surface area contributed by atoms with Gasteiger partial charge in [0.05, 0.1) is 12.0 Å². The number of aromatic nitrogens is 1. The molecule has 0 radical (unpaired) electrons. The molecule has 0 spiro atoms. The normalized spacial score (nSPS) is 11.3. The second-order valence-corrected chi connectivity index (χ2v) is 7.53. The smallest absolute Gasteiger partial charge is 0.250 e.